The normalized spacial score (nSPS) is 10.5. The van der Waals surface area contributed by atoms with Crippen LogP contribution in [0.1, 0.15) is 13.8 Å². The molecule has 0 heterocycles. The van der Waals surface area contributed by atoms with Gasteiger partial charge in [0.2, 0.25) is 0 Å². The molecule has 13 heavy (non-hydrogen) atoms. The van der Waals surface area contributed by atoms with Crippen molar-refractivity contribution >= 4 is 17.3 Å². The lowest BCUT2D eigenvalue weighted by Gasteiger charge is -2.10. The molecule has 0 amide bonds. The van der Waals surface area contributed by atoms with Crippen LogP contribution in [0.25, 0.3) is 0 Å². The summed E-state index contributed by atoms with van der Waals surface area (Å²) in [5.74, 6) is 0.134. The zero-order valence-electron chi connectivity index (χ0n) is 7.77. The molecular formula is C10H13ClFN. The smallest absolute Gasteiger partial charge is 0.143 e. The molecular weight excluding hydrogens is 189 g/mol. The summed E-state index contributed by atoms with van der Waals surface area (Å²) >= 11 is 5.74. The van der Waals surface area contributed by atoms with E-state index in [9.17, 15) is 4.39 Å². The predicted octanol–water partition coefficient (Wildman–Crippen LogP) is 3.55. The van der Waals surface area contributed by atoms with E-state index in [-0.39, 0.29) is 10.8 Å². The van der Waals surface area contributed by atoms with E-state index in [1.807, 2.05) is 0 Å². The second-order valence-corrected chi connectivity index (χ2v) is 3.75. The molecule has 0 radical (unpaired) electrons. The van der Waals surface area contributed by atoms with Gasteiger partial charge in [-0.05, 0) is 18.1 Å². The molecule has 1 aromatic rings. The summed E-state index contributed by atoms with van der Waals surface area (Å²) in [5.41, 5.74) is 0.662. The number of hydrogen-bond donors (Lipinski definition) is 1. The third kappa shape index (κ3) is 2.88. The third-order valence-corrected chi connectivity index (χ3v) is 2.04. The summed E-state index contributed by atoms with van der Waals surface area (Å²) < 4.78 is 12.9. The molecule has 0 aliphatic rings. The van der Waals surface area contributed by atoms with E-state index in [1.165, 1.54) is 6.07 Å². The molecule has 0 atom stereocenters. The molecule has 0 fully saturated rings. The van der Waals surface area contributed by atoms with Crippen LogP contribution in [0.3, 0.4) is 0 Å². The van der Waals surface area contributed by atoms with E-state index in [0.29, 0.717) is 11.6 Å². The van der Waals surface area contributed by atoms with Crippen LogP contribution >= 0.6 is 11.6 Å². The zero-order valence-corrected chi connectivity index (χ0v) is 8.53. The van der Waals surface area contributed by atoms with Gasteiger partial charge in [-0.1, -0.05) is 31.5 Å². The Morgan fingerprint density at radius 1 is 1.46 bits per heavy atom. The van der Waals surface area contributed by atoms with Crippen molar-refractivity contribution in [3.63, 3.8) is 0 Å². The highest BCUT2D eigenvalue weighted by atomic mass is 35.5. The molecule has 1 aromatic carbocycles. The molecule has 1 rings (SSSR count). The largest absolute Gasteiger partial charge is 0.383 e. The highest BCUT2D eigenvalue weighted by molar-refractivity contribution is 6.33. The Morgan fingerprint density at radius 2 is 2.15 bits per heavy atom. The fourth-order valence-corrected chi connectivity index (χ4v) is 1.15. The molecule has 0 saturated carbocycles. The number of nitrogens with one attached hydrogen (secondary N) is 1. The minimum Gasteiger partial charge on any atom is -0.383 e. The Labute approximate surface area is 82.9 Å². The predicted molar refractivity (Wildman–Crippen MR) is 54.7 cm³/mol. The van der Waals surface area contributed by atoms with E-state index in [1.54, 1.807) is 12.1 Å². The van der Waals surface area contributed by atoms with Crippen LogP contribution in [0, 0.1) is 11.7 Å². The average molecular weight is 202 g/mol. The summed E-state index contributed by atoms with van der Waals surface area (Å²) in [7, 11) is 0. The molecule has 1 N–H and O–H groups in total. The molecule has 0 aliphatic carbocycles. The maximum Gasteiger partial charge on any atom is 0.143 e. The summed E-state index contributed by atoms with van der Waals surface area (Å²) in [5, 5.41) is 3.25. The first-order valence-corrected chi connectivity index (χ1v) is 4.67. The van der Waals surface area contributed by atoms with Gasteiger partial charge in [0.15, 0.2) is 0 Å². The zero-order chi connectivity index (χ0) is 9.84. The number of hydrogen-bond acceptors (Lipinski definition) is 1. The first-order chi connectivity index (χ1) is 6.11. The summed E-state index contributed by atoms with van der Waals surface area (Å²) in [6.07, 6.45) is 0. The maximum absolute atomic E-state index is 12.9. The molecule has 0 bridgehead atoms. The van der Waals surface area contributed by atoms with Gasteiger partial charge in [0.25, 0.3) is 0 Å². The quantitative estimate of drug-likeness (QED) is 0.789. The van der Waals surface area contributed by atoms with Gasteiger partial charge in [-0.2, -0.15) is 0 Å². The van der Waals surface area contributed by atoms with E-state index in [2.05, 4.69) is 19.2 Å². The van der Waals surface area contributed by atoms with Gasteiger partial charge in [0, 0.05) is 6.54 Å². The molecule has 1 nitrogen and oxygen atoms in total. The van der Waals surface area contributed by atoms with Crippen molar-refractivity contribution in [2.75, 3.05) is 11.9 Å². The Balaban J connectivity index is 2.71. The van der Waals surface area contributed by atoms with Crippen LogP contribution in [0.5, 0.6) is 0 Å². The van der Waals surface area contributed by atoms with Crippen molar-refractivity contribution in [2.24, 2.45) is 5.92 Å². The molecule has 0 aromatic heterocycles. The lowest BCUT2D eigenvalue weighted by molar-refractivity contribution is 0.627. The van der Waals surface area contributed by atoms with Crippen molar-refractivity contribution < 1.29 is 4.39 Å². The van der Waals surface area contributed by atoms with Gasteiger partial charge in [-0.15, -0.1) is 0 Å². The molecule has 0 unspecified atom stereocenters. The van der Waals surface area contributed by atoms with E-state index < -0.39 is 0 Å². The van der Waals surface area contributed by atoms with Crippen molar-refractivity contribution in [3.8, 4) is 0 Å². The second kappa shape index (κ2) is 4.47. The summed E-state index contributed by atoms with van der Waals surface area (Å²) in [6, 6.07) is 4.76. The van der Waals surface area contributed by atoms with Gasteiger partial charge in [-0.25, -0.2) is 4.39 Å². The number of anilines is 1. The Kier molecular flexibility index (Phi) is 3.55. The SMILES string of the molecule is CC(C)CNc1cccc(F)c1Cl. The van der Waals surface area contributed by atoms with Gasteiger partial charge in [-0.3, -0.25) is 0 Å². The van der Waals surface area contributed by atoms with E-state index >= 15 is 0 Å². The Hall–Kier alpha value is -0.760. The van der Waals surface area contributed by atoms with Crippen molar-refractivity contribution in [1.29, 1.82) is 0 Å². The van der Waals surface area contributed by atoms with Gasteiger partial charge in [0.05, 0.1) is 10.7 Å². The molecule has 3 heteroatoms. The standard InChI is InChI=1S/C10H13ClFN/c1-7(2)6-13-9-5-3-4-8(12)10(9)11/h3-5,7,13H,6H2,1-2H3. The highest BCUT2D eigenvalue weighted by Crippen LogP contribution is 2.24. The van der Waals surface area contributed by atoms with Gasteiger partial charge < -0.3 is 5.32 Å². The van der Waals surface area contributed by atoms with Gasteiger partial charge in [0.1, 0.15) is 5.82 Å². The Bertz CT molecular complexity index is 286. The number of rotatable bonds is 3. The summed E-state index contributed by atoms with van der Waals surface area (Å²) in [4.78, 5) is 0. The van der Waals surface area contributed by atoms with Crippen LogP contribution in [0.4, 0.5) is 10.1 Å². The fraction of sp³-hybridized carbons (Fsp3) is 0.400. The fourth-order valence-electron chi connectivity index (χ4n) is 0.954. The number of benzene rings is 1. The molecule has 0 aliphatic heterocycles. The van der Waals surface area contributed by atoms with Crippen molar-refractivity contribution in [2.45, 2.75) is 13.8 Å². The average Bonchev–Trinajstić information content (AvgIpc) is 2.07. The van der Waals surface area contributed by atoms with Crippen LogP contribution in [0.2, 0.25) is 5.02 Å². The van der Waals surface area contributed by atoms with Crippen LogP contribution < -0.4 is 5.32 Å². The van der Waals surface area contributed by atoms with Crippen molar-refractivity contribution in [3.05, 3.63) is 29.0 Å². The summed E-state index contributed by atoms with van der Waals surface area (Å²) in [6.45, 7) is 4.96. The van der Waals surface area contributed by atoms with E-state index in [0.717, 1.165) is 6.54 Å². The van der Waals surface area contributed by atoms with Crippen molar-refractivity contribution in [1.82, 2.24) is 0 Å². The number of halogens is 2. The molecule has 72 valence electrons. The topological polar surface area (TPSA) is 12.0 Å². The molecule has 0 spiro atoms. The molecule has 0 saturated heterocycles. The monoisotopic (exact) mass is 201 g/mol. The third-order valence-electron chi connectivity index (χ3n) is 1.65. The maximum atomic E-state index is 12.9. The first-order valence-electron chi connectivity index (χ1n) is 4.29. The van der Waals surface area contributed by atoms with Crippen LogP contribution in [0.15, 0.2) is 18.2 Å². The minimum absolute atomic E-state index is 0.170. The second-order valence-electron chi connectivity index (χ2n) is 3.38. The van der Waals surface area contributed by atoms with Crippen LogP contribution in [-0.2, 0) is 0 Å². The lowest BCUT2D eigenvalue weighted by Crippen LogP contribution is -2.08. The first kappa shape index (κ1) is 10.3. The Morgan fingerprint density at radius 3 is 2.77 bits per heavy atom. The minimum atomic E-state index is -0.379. The van der Waals surface area contributed by atoms with Crippen LogP contribution in [-0.4, -0.2) is 6.54 Å². The van der Waals surface area contributed by atoms with Gasteiger partial charge >= 0.3 is 0 Å². The highest BCUT2D eigenvalue weighted by Gasteiger charge is 2.04. The van der Waals surface area contributed by atoms with E-state index in [4.69, 9.17) is 11.6 Å². The lowest BCUT2D eigenvalue weighted by atomic mass is 10.2.